The number of guanidine groups is 1. The quantitative estimate of drug-likeness (QED) is 0.933. The summed E-state index contributed by atoms with van der Waals surface area (Å²) < 4.78 is 5.41. The molecule has 4 nitrogen and oxygen atoms in total. The Labute approximate surface area is 141 Å². The minimum Gasteiger partial charge on any atom is -0.496 e. The predicted molar refractivity (Wildman–Crippen MR) is 94.1 cm³/mol. The first-order valence-electron chi connectivity index (χ1n) is 7.57. The minimum atomic E-state index is 0.231. The highest BCUT2D eigenvalue weighted by molar-refractivity contribution is 6.30. The van der Waals surface area contributed by atoms with Crippen LogP contribution in [-0.2, 0) is 6.54 Å². The fourth-order valence-corrected chi connectivity index (χ4v) is 2.93. The summed E-state index contributed by atoms with van der Waals surface area (Å²) in [5.74, 6) is 1.72. The number of methoxy groups -OCH3 is 1. The molecule has 2 aromatic carbocycles. The maximum Gasteiger partial charge on any atom is 0.194 e. The van der Waals surface area contributed by atoms with Crippen LogP contribution in [0.4, 0.5) is 0 Å². The molecule has 23 heavy (non-hydrogen) atoms. The maximum absolute atomic E-state index is 6.10. The van der Waals surface area contributed by atoms with Crippen LogP contribution in [0.2, 0.25) is 5.02 Å². The van der Waals surface area contributed by atoms with Gasteiger partial charge >= 0.3 is 0 Å². The zero-order valence-corrected chi connectivity index (χ0v) is 14.0. The van der Waals surface area contributed by atoms with Crippen molar-refractivity contribution in [1.82, 2.24) is 10.2 Å². The Morgan fingerprint density at radius 2 is 2.04 bits per heavy atom. The molecule has 0 spiro atoms. The highest BCUT2D eigenvalue weighted by atomic mass is 35.5. The number of hydrogen-bond acceptors (Lipinski definition) is 4. The molecule has 0 saturated carbocycles. The van der Waals surface area contributed by atoms with Gasteiger partial charge in [-0.15, -0.1) is 0 Å². The summed E-state index contributed by atoms with van der Waals surface area (Å²) in [5.41, 5.74) is 2.29. The number of nitrogens with one attached hydrogen (secondary N) is 1. The Morgan fingerprint density at radius 3 is 2.78 bits per heavy atom. The first-order valence-corrected chi connectivity index (χ1v) is 7.94. The molecular formula is C18H20ClN3O. The third kappa shape index (κ3) is 3.59. The summed E-state index contributed by atoms with van der Waals surface area (Å²) in [7, 11) is 3.68. The largest absolute Gasteiger partial charge is 0.496 e. The van der Waals surface area contributed by atoms with Crippen molar-refractivity contribution in [2.24, 2.45) is 4.99 Å². The van der Waals surface area contributed by atoms with Gasteiger partial charge in [-0.05, 0) is 23.8 Å². The molecule has 0 radical (unpaired) electrons. The fraction of sp³-hybridized carbons (Fsp3) is 0.278. The van der Waals surface area contributed by atoms with Crippen molar-refractivity contribution in [3.63, 3.8) is 0 Å². The van der Waals surface area contributed by atoms with E-state index < -0.39 is 0 Å². The van der Waals surface area contributed by atoms with E-state index in [1.54, 1.807) is 7.11 Å². The first-order chi connectivity index (χ1) is 11.2. The van der Waals surface area contributed by atoms with Crippen molar-refractivity contribution in [1.29, 1.82) is 0 Å². The van der Waals surface area contributed by atoms with E-state index in [0.29, 0.717) is 11.6 Å². The van der Waals surface area contributed by atoms with Gasteiger partial charge in [-0.3, -0.25) is 4.99 Å². The van der Waals surface area contributed by atoms with Gasteiger partial charge < -0.3 is 15.0 Å². The molecule has 0 saturated heterocycles. The van der Waals surface area contributed by atoms with Crippen LogP contribution in [0.25, 0.3) is 0 Å². The number of rotatable bonds is 4. The summed E-state index contributed by atoms with van der Waals surface area (Å²) in [5, 5.41) is 4.19. The van der Waals surface area contributed by atoms with Crippen LogP contribution in [0.15, 0.2) is 53.5 Å². The zero-order chi connectivity index (χ0) is 16.2. The van der Waals surface area contributed by atoms with Gasteiger partial charge in [0.2, 0.25) is 0 Å². The van der Waals surface area contributed by atoms with Crippen LogP contribution in [-0.4, -0.2) is 31.6 Å². The summed E-state index contributed by atoms with van der Waals surface area (Å²) >= 11 is 6.10. The number of nitrogens with zero attached hydrogens (tertiary/aromatic N) is 2. The highest BCUT2D eigenvalue weighted by Gasteiger charge is 2.22. The number of ether oxygens (including phenoxy) is 1. The fourth-order valence-electron chi connectivity index (χ4n) is 2.73. The van der Waals surface area contributed by atoms with E-state index in [9.17, 15) is 0 Å². The van der Waals surface area contributed by atoms with Crippen LogP contribution in [0.1, 0.15) is 17.2 Å². The summed E-state index contributed by atoms with van der Waals surface area (Å²) in [6, 6.07) is 16.3. The molecule has 1 aliphatic rings. The van der Waals surface area contributed by atoms with Crippen molar-refractivity contribution in [2.45, 2.75) is 12.6 Å². The van der Waals surface area contributed by atoms with Gasteiger partial charge in [0.25, 0.3) is 0 Å². The van der Waals surface area contributed by atoms with Gasteiger partial charge in [0.05, 0.1) is 19.7 Å². The Bertz CT molecular complexity index is 703. The Balaban J connectivity index is 1.68. The molecule has 1 N–H and O–H groups in total. The van der Waals surface area contributed by atoms with E-state index in [-0.39, 0.29) is 6.04 Å². The third-order valence-corrected chi connectivity index (χ3v) is 4.18. The van der Waals surface area contributed by atoms with Crippen molar-refractivity contribution < 1.29 is 4.74 Å². The summed E-state index contributed by atoms with van der Waals surface area (Å²) in [4.78, 5) is 6.71. The monoisotopic (exact) mass is 329 g/mol. The molecule has 1 heterocycles. The van der Waals surface area contributed by atoms with Crippen LogP contribution < -0.4 is 10.1 Å². The standard InChI is InChI=1S/C18H20ClN3O/c1-22(12-14-10-15(19)8-9-17(14)23-2)18-20-11-16(21-18)13-6-4-3-5-7-13/h3-10,16H,11-12H2,1-2H3,(H,20,21). The van der Waals surface area contributed by atoms with Crippen molar-refractivity contribution in [2.75, 3.05) is 20.7 Å². The van der Waals surface area contributed by atoms with Crippen LogP contribution in [0.5, 0.6) is 5.75 Å². The number of halogens is 1. The smallest absolute Gasteiger partial charge is 0.194 e. The van der Waals surface area contributed by atoms with E-state index in [2.05, 4.69) is 39.5 Å². The second-order valence-electron chi connectivity index (χ2n) is 5.58. The molecule has 0 amide bonds. The van der Waals surface area contributed by atoms with Crippen molar-refractivity contribution in [3.05, 3.63) is 64.7 Å². The van der Waals surface area contributed by atoms with E-state index in [0.717, 1.165) is 23.8 Å². The topological polar surface area (TPSA) is 36.9 Å². The minimum absolute atomic E-state index is 0.231. The molecule has 5 heteroatoms. The molecule has 1 aliphatic heterocycles. The maximum atomic E-state index is 6.10. The van der Waals surface area contributed by atoms with Gasteiger partial charge in [-0.25, -0.2) is 0 Å². The highest BCUT2D eigenvalue weighted by Crippen LogP contribution is 2.24. The van der Waals surface area contributed by atoms with Gasteiger partial charge in [-0.2, -0.15) is 0 Å². The number of aliphatic imine (C=N–C) groups is 1. The zero-order valence-electron chi connectivity index (χ0n) is 13.3. The second kappa shape index (κ2) is 6.92. The van der Waals surface area contributed by atoms with Gasteiger partial charge in [-0.1, -0.05) is 41.9 Å². The lowest BCUT2D eigenvalue weighted by Gasteiger charge is -2.22. The molecular weight excluding hydrogens is 310 g/mol. The molecule has 0 fully saturated rings. The molecule has 120 valence electrons. The number of hydrogen-bond donors (Lipinski definition) is 1. The van der Waals surface area contributed by atoms with E-state index in [1.165, 1.54) is 5.56 Å². The molecule has 0 bridgehead atoms. The molecule has 1 atom stereocenters. The average molecular weight is 330 g/mol. The molecule has 3 rings (SSSR count). The lowest BCUT2D eigenvalue weighted by atomic mass is 10.1. The Kier molecular flexibility index (Phi) is 4.72. The second-order valence-corrected chi connectivity index (χ2v) is 6.02. The van der Waals surface area contributed by atoms with Crippen molar-refractivity contribution in [3.8, 4) is 5.75 Å². The summed E-state index contributed by atoms with van der Waals surface area (Å²) in [6.07, 6.45) is 0. The Hall–Kier alpha value is -2.20. The van der Waals surface area contributed by atoms with Crippen LogP contribution in [0.3, 0.4) is 0 Å². The van der Waals surface area contributed by atoms with E-state index in [4.69, 9.17) is 16.3 Å². The average Bonchev–Trinajstić information content (AvgIpc) is 3.06. The lowest BCUT2D eigenvalue weighted by molar-refractivity contribution is 0.396. The lowest BCUT2D eigenvalue weighted by Crippen LogP contribution is -2.36. The predicted octanol–water partition coefficient (Wildman–Crippen LogP) is 3.48. The van der Waals surface area contributed by atoms with Gasteiger partial charge in [0.1, 0.15) is 5.75 Å². The third-order valence-electron chi connectivity index (χ3n) is 3.94. The van der Waals surface area contributed by atoms with Crippen molar-refractivity contribution >= 4 is 17.6 Å². The first kappa shape index (κ1) is 15.7. The molecule has 0 aliphatic carbocycles. The van der Waals surface area contributed by atoms with Gasteiger partial charge in [0, 0.05) is 24.2 Å². The molecule has 1 unspecified atom stereocenters. The normalized spacial score (nSPS) is 16.7. The molecule has 2 aromatic rings. The van der Waals surface area contributed by atoms with E-state index >= 15 is 0 Å². The SMILES string of the molecule is COc1ccc(Cl)cc1CN(C)C1=NCC(c2ccccc2)N1. The van der Waals surface area contributed by atoms with E-state index in [1.807, 2.05) is 31.3 Å². The molecule has 0 aromatic heterocycles. The number of benzene rings is 2. The van der Waals surface area contributed by atoms with Crippen LogP contribution in [0, 0.1) is 0 Å². The summed E-state index contributed by atoms with van der Waals surface area (Å²) in [6.45, 7) is 1.42. The Morgan fingerprint density at radius 1 is 1.26 bits per heavy atom. The van der Waals surface area contributed by atoms with Gasteiger partial charge in [0.15, 0.2) is 5.96 Å². The van der Waals surface area contributed by atoms with Crippen LogP contribution >= 0.6 is 11.6 Å².